The number of aliphatic hydroxyl groups excluding tert-OH is 1. The van der Waals surface area contributed by atoms with Crippen molar-refractivity contribution < 1.29 is 5.11 Å². The molecule has 0 unspecified atom stereocenters. The van der Waals surface area contributed by atoms with Crippen molar-refractivity contribution in [3.05, 3.63) is 0 Å². The number of halogens is 1. The number of nitrogens with two attached hydrogens (primary N) is 1. The SMILES string of the molecule is CC(C)(CO)NN.Cl. The summed E-state index contributed by atoms with van der Waals surface area (Å²) < 4.78 is 0. The highest BCUT2D eigenvalue weighted by molar-refractivity contribution is 5.85. The molecule has 0 heterocycles. The molecule has 0 saturated carbocycles. The van der Waals surface area contributed by atoms with Gasteiger partial charge in [-0.15, -0.1) is 12.4 Å². The van der Waals surface area contributed by atoms with Gasteiger partial charge in [-0.2, -0.15) is 0 Å². The van der Waals surface area contributed by atoms with Gasteiger partial charge in [0.25, 0.3) is 0 Å². The lowest BCUT2D eigenvalue weighted by Gasteiger charge is -2.18. The number of hydrazine groups is 1. The van der Waals surface area contributed by atoms with Crippen LogP contribution in [0.2, 0.25) is 0 Å². The molecule has 0 aromatic heterocycles. The second-order valence-electron chi connectivity index (χ2n) is 2.19. The van der Waals surface area contributed by atoms with Crippen LogP contribution in [0.1, 0.15) is 13.8 Å². The summed E-state index contributed by atoms with van der Waals surface area (Å²) in [5, 5.41) is 8.45. The molecule has 52 valence electrons. The first-order valence-corrected chi connectivity index (χ1v) is 2.21. The van der Waals surface area contributed by atoms with E-state index in [2.05, 4.69) is 5.43 Å². The van der Waals surface area contributed by atoms with E-state index in [1.807, 2.05) is 13.8 Å². The van der Waals surface area contributed by atoms with Gasteiger partial charge < -0.3 is 5.11 Å². The van der Waals surface area contributed by atoms with Crippen molar-refractivity contribution in [2.24, 2.45) is 5.84 Å². The van der Waals surface area contributed by atoms with Crippen molar-refractivity contribution in [3.63, 3.8) is 0 Å². The lowest BCUT2D eigenvalue weighted by atomic mass is 10.1. The van der Waals surface area contributed by atoms with Crippen molar-refractivity contribution in [1.29, 1.82) is 0 Å². The van der Waals surface area contributed by atoms with Crippen molar-refractivity contribution in [2.45, 2.75) is 19.4 Å². The predicted octanol–water partition coefficient (Wildman–Crippen LogP) is -0.358. The number of hydrogen-bond donors (Lipinski definition) is 3. The maximum absolute atomic E-state index is 8.45. The van der Waals surface area contributed by atoms with Gasteiger partial charge >= 0.3 is 0 Å². The van der Waals surface area contributed by atoms with E-state index in [9.17, 15) is 0 Å². The van der Waals surface area contributed by atoms with E-state index in [1.165, 1.54) is 0 Å². The van der Waals surface area contributed by atoms with Crippen LogP contribution in [-0.4, -0.2) is 17.3 Å². The Morgan fingerprint density at radius 2 is 2.00 bits per heavy atom. The Morgan fingerprint density at radius 1 is 1.62 bits per heavy atom. The number of nitrogens with one attached hydrogen (secondary N) is 1. The molecule has 0 aromatic rings. The predicted molar refractivity (Wildman–Crippen MR) is 35.7 cm³/mol. The fourth-order valence-corrected chi connectivity index (χ4v) is 0.0456. The number of rotatable bonds is 2. The molecule has 8 heavy (non-hydrogen) atoms. The fraction of sp³-hybridized carbons (Fsp3) is 1.00. The first-order chi connectivity index (χ1) is 3.12. The normalized spacial score (nSPS) is 10.5. The molecule has 0 aliphatic carbocycles. The molecule has 0 bridgehead atoms. The number of aliphatic hydroxyl groups is 1. The van der Waals surface area contributed by atoms with Crippen LogP contribution in [0.25, 0.3) is 0 Å². The van der Waals surface area contributed by atoms with E-state index in [-0.39, 0.29) is 24.6 Å². The topological polar surface area (TPSA) is 58.3 Å². The Hall–Kier alpha value is 0.170. The van der Waals surface area contributed by atoms with Gasteiger partial charge in [-0.3, -0.25) is 11.3 Å². The van der Waals surface area contributed by atoms with Crippen LogP contribution in [0.5, 0.6) is 0 Å². The highest BCUT2D eigenvalue weighted by Gasteiger charge is 2.11. The Balaban J connectivity index is 0. The fourth-order valence-electron chi connectivity index (χ4n) is 0.0456. The zero-order valence-electron chi connectivity index (χ0n) is 5.14. The van der Waals surface area contributed by atoms with Gasteiger partial charge in [0, 0.05) is 5.54 Å². The van der Waals surface area contributed by atoms with Gasteiger partial charge in [0.05, 0.1) is 6.61 Å². The van der Waals surface area contributed by atoms with Gasteiger partial charge in [-0.25, -0.2) is 0 Å². The lowest BCUT2D eigenvalue weighted by molar-refractivity contribution is 0.190. The molecule has 0 aliphatic heterocycles. The van der Waals surface area contributed by atoms with E-state index in [4.69, 9.17) is 10.9 Å². The van der Waals surface area contributed by atoms with Gasteiger partial charge in [-0.05, 0) is 13.8 Å². The van der Waals surface area contributed by atoms with Crippen LogP contribution in [0.15, 0.2) is 0 Å². The third-order valence-corrected chi connectivity index (χ3v) is 0.786. The largest absolute Gasteiger partial charge is 0.394 e. The summed E-state index contributed by atoms with van der Waals surface area (Å²) in [5.41, 5.74) is 2.11. The lowest BCUT2D eigenvalue weighted by Crippen LogP contribution is -2.46. The third-order valence-electron chi connectivity index (χ3n) is 0.786. The Bertz CT molecular complexity index is 52.0. The van der Waals surface area contributed by atoms with E-state index in [0.29, 0.717) is 0 Å². The summed E-state index contributed by atoms with van der Waals surface area (Å²) >= 11 is 0. The average Bonchev–Trinajstić information content (AvgIpc) is 1.68. The maximum atomic E-state index is 8.45. The van der Waals surface area contributed by atoms with Crippen LogP contribution in [0, 0.1) is 0 Å². The molecule has 0 aliphatic rings. The molecule has 0 radical (unpaired) electrons. The maximum Gasteiger partial charge on any atom is 0.0620 e. The molecule has 0 amide bonds. The zero-order chi connectivity index (χ0) is 5.91. The standard InChI is InChI=1S/C4H12N2O.ClH/c1-4(2,3-7)6-5;/h6-7H,3,5H2,1-2H3;1H. The van der Waals surface area contributed by atoms with Gasteiger partial charge in [-0.1, -0.05) is 0 Å². The van der Waals surface area contributed by atoms with Crippen LogP contribution in [-0.2, 0) is 0 Å². The first-order valence-electron chi connectivity index (χ1n) is 2.21. The van der Waals surface area contributed by atoms with E-state index < -0.39 is 0 Å². The van der Waals surface area contributed by atoms with Gasteiger partial charge in [0.1, 0.15) is 0 Å². The number of hydrogen-bond acceptors (Lipinski definition) is 3. The third kappa shape index (κ3) is 4.33. The smallest absolute Gasteiger partial charge is 0.0620 e. The van der Waals surface area contributed by atoms with Crippen molar-refractivity contribution in [1.82, 2.24) is 5.43 Å². The first kappa shape index (κ1) is 11.0. The van der Waals surface area contributed by atoms with Gasteiger partial charge in [0.15, 0.2) is 0 Å². The molecule has 0 saturated heterocycles. The Kier molecular flexibility index (Phi) is 5.64. The summed E-state index contributed by atoms with van der Waals surface area (Å²) in [7, 11) is 0. The van der Waals surface area contributed by atoms with Crippen molar-refractivity contribution >= 4 is 12.4 Å². The molecule has 0 fully saturated rings. The highest BCUT2D eigenvalue weighted by atomic mass is 35.5. The molecular weight excluding hydrogens is 128 g/mol. The van der Waals surface area contributed by atoms with Gasteiger partial charge in [0.2, 0.25) is 0 Å². The second kappa shape index (κ2) is 4.09. The molecule has 0 aromatic carbocycles. The van der Waals surface area contributed by atoms with E-state index in [0.717, 1.165) is 0 Å². The quantitative estimate of drug-likeness (QED) is 0.363. The molecule has 0 atom stereocenters. The van der Waals surface area contributed by atoms with Crippen LogP contribution in [0.4, 0.5) is 0 Å². The van der Waals surface area contributed by atoms with Crippen molar-refractivity contribution in [3.8, 4) is 0 Å². The van der Waals surface area contributed by atoms with Crippen LogP contribution < -0.4 is 11.3 Å². The molecule has 3 nitrogen and oxygen atoms in total. The Labute approximate surface area is 55.6 Å². The monoisotopic (exact) mass is 140 g/mol. The molecular formula is C4H13ClN2O. The van der Waals surface area contributed by atoms with Crippen LogP contribution >= 0.6 is 12.4 Å². The minimum atomic E-state index is -0.333. The Morgan fingerprint density at radius 3 is 2.00 bits per heavy atom. The summed E-state index contributed by atoms with van der Waals surface area (Å²) in [5.74, 6) is 5.01. The summed E-state index contributed by atoms with van der Waals surface area (Å²) in [4.78, 5) is 0. The minimum absolute atomic E-state index is 0. The molecule has 4 heteroatoms. The molecule has 0 rings (SSSR count). The average molecular weight is 141 g/mol. The molecule has 4 N–H and O–H groups in total. The highest BCUT2D eigenvalue weighted by Crippen LogP contribution is 1.94. The van der Waals surface area contributed by atoms with E-state index >= 15 is 0 Å². The summed E-state index contributed by atoms with van der Waals surface area (Å²) in [6.07, 6.45) is 0. The van der Waals surface area contributed by atoms with Crippen molar-refractivity contribution in [2.75, 3.05) is 6.61 Å². The van der Waals surface area contributed by atoms with Crippen LogP contribution in [0.3, 0.4) is 0 Å². The van der Waals surface area contributed by atoms with E-state index in [1.54, 1.807) is 0 Å². The summed E-state index contributed by atoms with van der Waals surface area (Å²) in [6.45, 7) is 3.68. The molecule has 0 spiro atoms. The minimum Gasteiger partial charge on any atom is -0.394 e. The zero-order valence-corrected chi connectivity index (χ0v) is 5.96. The summed E-state index contributed by atoms with van der Waals surface area (Å²) in [6, 6.07) is 0. The second-order valence-corrected chi connectivity index (χ2v) is 2.19.